The SMILES string of the molecule is CC1=C(C(C)C)NC(c2ccccn2)=NC1c1ccc(F)cc1Cl.CC1=C(CCl)NC(c2ccccn2)=NC1c1ccc(F)cc1Cl.CC1=C(CCl)NC(c2ccccn2)=NC1c1ccc(F)cc1Cl.CCC1=C(c2ccccc2)NC(c2ccccn2)=NC1c1ccc(F)cc1Cl.COC(=O)C1=C(C)NC(c2ccccn2)=NC1c1ccc(F)cc1Cl.O=C=O.O=C=O.O=C=O.O=C=O. The minimum absolute atomic E-state index is 0.185. The fourth-order valence-corrected chi connectivity index (χ4v) is 15.8. The van der Waals surface area contributed by atoms with Gasteiger partial charge in [-0.3, -0.25) is 49.9 Å². The van der Waals surface area contributed by atoms with Gasteiger partial charge in [-0.25, -0.2) is 26.7 Å². The number of benzene rings is 6. The molecule has 5 aliphatic heterocycles. The molecule has 6 aromatic carbocycles. The first kappa shape index (κ1) is 106. The molecule has 692 valence electrons. The van der Waals surface area contributed by atoms with E-state index >= 15 is 0 Å². The molecule has 0 amide bonds. The van der Waals surface area contributed by atoms with Crippen molar-refractivity contribution in [3.63, 3.8) is 0 Å². The van der Waals surface area contributed by atoms with Crippen molar-refractivity contribution in [2.45, 2.75) is 85.1 Å². The maximum absolute atomic E-state index is 13.6. The largest absolute Gasteiger partial charge is 0.466 e. The van der Waals surface area contributed by atoms with Crippen LogP contribution in [0.4, 0.5) is 22.0 Å². The first-order valence-corrected chi connectivity index (χ1v) is 43.3. The Kier molecular flexibility index (Phi) is 42.0. The smallest absolute Gasteiger partial charge is 0.373 e. The molecule has 5 aliphatic rings. The van der Waals surface area contributed by atoms with Crippen molar-refractivity contribution in [2.24, 2.45) is 30.9 Å². The van der Waals surface area contributed by atoms with Crippen LogP contribution in [0.15, 0.2) is 319 Å². The number of nitrogens with zero attached hydrogens (tertiary/aromatic N) is 10. The van der Waals surface area contributed by atoms with Crippen molar-refractivity contribution in [1.29, 1.82) is 0 Å². The van der Waals surface area contributed by atoms with Crippen molar-refractivity contribution in [3.05, 3.63) is 410 Å². The molecule has 5 atom stereocenters. The van der Waals surface area contributed by atoms with Crippen molar-refractivity contribution in [2.75, 3.05) is 18.9 Å². The van der Waals surface area contributed by atoms with Gasteiger partial charge in [0.1, 0.15) is 87.8 Å². The summed E-state index contributed by atoms with van der Waals surface area (Å²) in [6, 6.07) is 57.8. The molecule has 5 N–H and O–H groups in total. The predicted octanol–water partition coefficient (Wildman–Crippen LogP) is 20.7. The molecule has 25 nitrogen and oxygen atoms in total. The lowest BCUT2D eigenvalue weighted by Gasteiger charge is -2.29. The Morgan fingerprint density at radius 2 is 0.644 bits per heavy atom. The van der Waals surface area contributed by atoms with Gasteiger partial charge in [-0.15, -0.1) is 23.2 Å². The average Bonchev–Trinajstić information content (AvgIpc) is 0.788. The van der Waals surface area contributed by atoms with E-state index in [1.165, 1.54) is 73.8 Å². The summed E-state index contributed by atoms with van der Waals surface area (Å²) in [5.74, 6) is 1.58. The van der Waals surface area contributed by atoms with Crippen LogP contribution < -0.4 is 26.6 Å². The van der Waals surface area contributed by atoms with Crippen LogP contribution in [0.5, 0.6) is 0 Å². The molecule has 0 saturated carbocycles. The van der Waals surface area contributed by atoms with E-state index < -0.39 is 17.8 Å². The molecule has 0 spiro atoms. The zero-order chi connectivity index (χ0) is 98.4. The highest BCUT2D eigenvalue weighted by Gasteiger charge is 2.35. The monoisotopic (exact) mass is 1970 g/mol. The van der Waals surface area contributed by atoms with Gasteiger partial charge in [0, 0.05) is 90.1 Å². The summed E-state index contributed by atoms with van der Waals surface area (Å²) in [7, 11) is 1.30. The lowest BCUT2D eigenvalue weighted by molar-refractivity contribution is -0.193. The number of carbonyl (C=O) groups excluding carboxylic acids is 9. The Morgan fingerprint density at radius 1 is 0.370 bits per heavy atom. The summed E-state index contributed by atoms with van der Waals surface area (Å²) in [5.41, 5.74) is 17.0. The quantitative estimate of drug-likeness (QED) is 0.0341. The van der Waals surface area contributed by atoms with E-state index in [2.05, 4.69) is 89.4 Å². The first-order chi connectivity index (χ1) is 65.0. The first-order valence-electron chi connectivity index (χ1n) is 40.3. The number of esters is 1. The summed E-state index contributed by atoms with van der Waals surface area (Å²) in [4.78, 5) is 123. The van der Waals surface area contributed by atoms with Crippen molar-refractivity contribution >= 4 is 147 Å². The number of hydrogen-bond donors (Lipinski definition) is 5. The van der Waals surface area contributed by atoms with Crippen LogP contribution in [0.2, 0.25) is 25.1 Å². The Morgan fingerprint density at radius 3 is 0.933 bits per heavy atom. The van der Waals surface area contributed by atoms with Crippen LogP contribution >= 0.6 is 81.2 Å². The third kappa shape index (κ3) is 29.1. The minimum Gasteiger partial charge on any atom is -0.466 e. The average molecular weight is 1970 g/mol. The normalized spacial score (nSPS) is 16.0. The Labute approximate surface area is 807 Å². The Bertz CT molecular complexity index is 6300. The third-order valence-corrected chi connectivity index (χ3v) is 22.3. The molecule has 16 rings (SSSR count). The Hall–Kier alpha value is -14.2. The highest BCUT2D eigenvalue weighted by molar-refractivity contribution is 6.33. The fraction of sp³-hybridized carbons (Fsp3) is 0.173. The number of aliphatic imine (C=N–C) groups is 5. The van der Waals surface area contributed by atoms with Crippen LogP contribution in [-0.4, -0.2) is 104 Å². The molecule has 5 unspecified atom stereocenters. The van der Waals surface area contributed by atoms with Gasteiger partial charge in [0.2, 0.25) is 0 Å². The standard InChI is InChI=1S/C23H19ClFN3.C19H19ClFN3.C18H15ClFN3O2.2C17H14Cl2FN3.4CO2/c1-2-17-21(15-8-4-3-5-9-15)27-23(20-10-6-7-13-26-20)28-22(17)18-12-11-16(25)14-19(18)24;1-11(2)17-12(3)18(14-8-7-13(21)10-15(14)20)24-19(23-17)16-6-4-5-9-22-16;1-10-15(18(24)25-2)16(12-7-6-11(20)9-13(12)19)23-17(22-10)14-5-3-4-8-21-14;2*1-10-15(9-18)22-17(14-4-2-3-7-21-14)23-16(10)12-6-5-11(20)8-13(12)19;4*2-1-3/h3-14,22H,2H2,1H3,(H,27,28);4-11,18H,1-3H3,(H,23,24);3-9,16H,1-2H3,(H,22,23);2*2-8,16H,9H2,1H3,(H,22,23);;;;. The molecule has 37 heteroatoms. The van der Waals surface area contributed by atoms with E-state index in [1.54, 1.807) is 74.3 Å². The highest BCUT2D eigenvalue weighted by Crippen LogP contribution is 2.43. The van der Waals surface area contributed by atoms with E-state index in [9.17, 15) is 26.7 Å². The second-order valence-electron chi connectivity index (χ2n) is 28.8. The van der Waals surface area contributed by atoms with Gasteiger partial charge in [0.25, 0.3) is 0 Å². The lowest BCUT2D eigenvalue weighted by Crippen LogP contribution is -2.33. The van der Waals surface area contributed by atoms with E-state index in [4.69, 9.17) is 144 Å². The summed E-state index contributed by atoms with van der Waals surface area (Å²) < 4.78 is 72.0. The van der Waals surface area contributed by atoms with E-state index in [0.29, 0.717) is 101 Å². The fourth-order valence-electron chi connectivity index (χ4n) is 13.9. The van der Waals surface area contributed by atoms with Crippen LogP contribution in [-0.2, 0) is 47.9 Å². The van der Waals surface area contributed by atoms with Gasteiger partial charge < -0.3 is 31.3 Å². The number of hydrogen-bond acceptors (Lipinski definition) is 25. The van der Waals surface area contributed by atoms with Gasteiger partial charge >= 0.3 is 30.6 Å². The van der Waals surface area contributed by atoms with Gasteiger partial charge in [-0.1, -0.05) is 170 Å². The van der Waals surface area contributed by atoms with Crippen LogP contribution in [0.25, 0.3) is 5.70 Å². The number of ether oxygens (including phenoxy) is 1. The topological polar surface area (TPSA) is 349 Å². The zero-order valence-electron chi connectivity index (χ0n) is 72.8. The third-order valence-electron chi connectivity index (χ3n) is 20.1. The summed E-state index contributed by atoms with van der Waals surface area (Å²) in [6.45, 7) is 14.0. The van der Waals surface area contributed by atoms with Crippen molar-refractivity contribution < 1.29 is 69.8 Å². The number of carbonyl (C=O) groups is 1. The van der Waals surface area contributed by atoms with Crippen LogP contribution in [0.3, 0.4) is 0 Å². The molecule has 5 aromatic heterocycles. The maximum Gasteiger partial charge on any atom is 0.373 e. The van der Waals surface area contributed by atoms with Crippen molar-refractivity contribution in [3.8, 4) is 0 Å². The predicted molar refractivity (Wildman–Crippen MR) is 503 cm³/mol. The molecule has 0 fully saturated rings. The number of amidine groups is 5. The molecule has 10 heterocycles. The number of nitrogens with one attached hydrogen (secondary N) is 5. The second kappa shape index (κ2) is 53.5. The van der Waals surface area contributed by atoms with Crippen molar-refractivity contribution in [1.82, 2.24) is 51.5 Å². The number of allylic oxidation sites excluding steroid dienone is 4. The molecule has 135 heavy (non-hydrogen) atoms. The van der Waals surface area contributed by atoms with E-state index in [0.717, 1.165) is 90.7 Å². The molecular weight excluding hydrogens is 1890 g/mol. The summed E-state index contributed by atoms with van der Waals surface area (Å²) in [5, 5.41) is 18.0. The Balaban J connectivity index is 0.000000201. The lowest BCUT2D eigenvalue weighted by atomic mass is 9.91. The number of methoxy groups -OCH3 is 1. The number of aromatic nitrogens is 5. The number of pyridine rings is 5. The molecule has 11 aromatic rings. The van der Waals surface area contributed by atoms with E-state index in [-0.39, 0.29) is 77.1 Å². The number of halogens is 12. The zero-order valence-corrected chi connectivity index (χ0v) is 78.1. The van der Waals surface area contributed by atoms with Gasteiger partial charge in [0.05, 0.1) is 24.4 Å². The number of rotatable bonds is 16. The van der Waals surface area contributed by atoms with Crippen LogP contribution in [0, 0.1) is 35.0 Å². The minimum atomic E-state index is -0.723. The number of alkyl halides is 2. The maximum atomic E-state index is 13.6. The van der Waals surface area contributed by atoms with Gasteiger partial charge in [-0.2, -0.15) is 38.4 Å². The summed E-state index contributed by atoms with van der Waals surface area (Å²) >= 11 is 43.4. The molecule has 0 bridgehead atoms. The highest BCUT2D eigenvalue weighted by atomic mass is 35.5. The van der Waals surface area contributed by atoms with Gasteiger partial charge in [0.15, 0.2) is 29.2 Å². The molecule has 0 radical (unpaired) electrons. The van der Waals surface area contributed by atoms with Crippen LogP contribution in [0.1, 0.15) is 147 Å². The molecule has 0 saturated heterocycles. The summed E-state index contributed by atoms with van der Waals surface area (Å²) in [6.07, 6.45) is 10.3. The second-order valence-corrected chi connectivity index (χ2v) is 31.3. The van der Waals surface area contributed by atoms with E-state index in [1.807, 2.05) is 118 Å². The van der Waals surface area contributed by atoms with Gasteiger partial charge in [-0.05, 0) is 211 Å². The molecule has 0 aliphatic carbocycles. The molecular formula is C98H81Cl7F5N15O10.